The van der Waals surface area contributed by atoms with E-state index in [2.05, 4.69) is 109 Å². The molecule has 168 valence electrons. The van der Waals surface area contributed by atoms with Crippen LogP contribution in [-0.4, -0.2) is 30.6 Å². The van der Waals surface area contributed by atoms with Crippen LogP contribution in [0.3, 0.4) is 0 Å². The largest absolute Gasteiger partial charge is 0.368 e. The monoisotopic (exact) mass is 436 g/mol. The summed E-state index contributed by atoms with van der Waals surface area (Å²) in [5.74, 6) is 0.308. The molecule has 0 amide bonds. The van der Waals surface area contributed by atoms with E-state index in [1.165, 1.54) is 33.3 Å². The second kappa shape index (κ2) is 7.86. The van der Waals surface area contributed by atoms with Gasteiger partial charge >= 0.3 is 0 Å². The van der Waals surface area contributed by atoms with Gasteiger partial charge in [-0.05, 0) is 62.5 Å². The fourth-order valence-electron chi connectivity index (χ4n) is 6.74. The number of aromatic amines is 1. The fraction of sp³-hybridized carbons (Fsp3) is 0.333. The van der Waals surface area contributed by atoms with Gasteiger partial charge in [-0.1, -0.05) is 78.9 Å². The molecule has 3 aromatic carbocycles. The summed E-state index contributed by atoms with van der Waals surface area (Å²) in [6.45, 7) is 0.788. The van der Waals surface area contributed by atoms with Gasteiger partial charge in [0, 0.05) is 16.8 Å². The lowest BCUT2D eigenvalue weighted by Gasteiger charge is -2.55. The molecule has 3 atom stereocenters. The summed E-state index contributed by atoms with van der Waals surface area (Å²) in [7, 11) is 4.49. The highest BCUT2D eigenvalue weighted by molar-refractivity contribution is 5.85. The van der Waals surface area contributed by atoms with Crippen LogP contribution in [0.2, 0.25) is 0 Å². The number of benzene rings is 3. The number of aromatic nitrogens is 1. The molecule has 6 rings (SSSR count). The number of rotatable bonds is 3. The van der Waals surface area contributed by atoms with Crippen molar-refractivity contribution in [3.63, 3.8) is 0 Å². The van der Waals surface area contributed by atoms with E-state index < -0.39 is 0 Å². The summed E-state index contributed by atoms with van der Waals surface area (Å²) in [6.07, 6.45) is 3.99. The predicted molar refractivity (Wildman–Crippen MR) is 134 cm³/mol. The highest BCUT2D eigenvalue weighted by Crippen LogP contribution is 2.58. The minimum absolute atomic E-state index is 0.0825. The summed E-state index contributed by atoms with van der Waals surface area (Å²) in [5, 5.41) is 1.36. The summed E-state index contributed by atoms with van der Waals surface area (Å²) in [5.41, 5.74) is 6.43. The smallest absolute Gasteiger partial charge is 0.109 e. The zero-order valence-electron chi connectivity index (χ0n) is 19.6. The summed E-state index contributed by atoms with van der Waals surface area (Å²) < 4.78 is 6.77. The van der Waals surface area contributed by atoms with Gasteiger partial charge in [0.15, 0.2) is 0 Å². The molecule has 0 bridgehead atoms. The molecule has 3 nitrogen and oxygen atoms in total. The van der Waals surface area contributed by atoms with Crippen LogP contribution in [0.1, 0.15) is 47.6 Å². The molecular formula is C30H32N2O. The zero-order valence-corrected chi connectivity index (χ0v) is 19.6. The third-order valence-electron chi connectivity index (χ3n) is 8.29. The number of hydrogen-bond donors (Lipinski definition) is 1. The maximum atomic E-state index is 6.77. The van der Waals surface area contributed by atoms with E-state index in [4.69, 9.17) is 4.74 Å². The molecule has 1 fully saturated rings. The van der Waals surface area contributed by atoms with Crippen LogP contribution in [0.5, 0.6) is 0 Å². The molecule has 1 aromatic heterocycles. The van der Waals surface area contributed by atoms with E-state index >= 15 is 0 Å². The van der Waals surface area contributed by atoms with E-state index in [9.17, 15) is 0 Å². The first kappa shape index (κ1) is 20.7. The predicted octanol–water partition coefficient (Wildman–Crippen LogP) is 6.36. The van der Waals surface area contributed by atoms with E-state index in [-0.39, 0.29) is 11.1 Å². The molecule has 4 aromatic rings. The minimum atomic E-state index is -0.276. The van der Waals surface area contributed by atoms with Crippen LogP contribution in [0.25, 0.3) is 10.9 Å². The Balaban J connectivity index is 1.53. The van der Waals surface area contributed by atoms with Crippen LogP contribution in [0, 0.1) is 0 Å². The molecule has 1 aliphatic heterocycles. The number of hydrogen-bond acceptors (Lipinski definition) is 2. The molecule has 2 aliphatic rings. The Morgan fingerprint density at radius 2 is 1.55 bits per heavy atom. The van der Waals surface area contributed by atoms with Crippen LogP contribution in [0.15, 0.2) is 84.9 Å². The molecule has 33 heavy (non-hydrogen) atoms. The normalized spacial score (nSPS) is 27.2. The Morgan fingerprint density at radius 1 is 0.848 bits per heavy atom. The third-order valence-corrected chi connectivity index (χ3v) is 8.29. The topological polar surface area (TPSA) is 28.3 Å². The standard InChI is InChI=1S/C30H32N2O/c1-32(2)30(23-13-7-4-8-14-23)19-18-29(21-26(30)22-11-5-3-6-12-22)28-25(17-20-33-29)24-15-9-10-16-27(24)31-28/h3-16,26,31H,17-21H2,1-2H3. The van der Waals surface area contributed by atoms with Gasteiger partial charge in [-0.3, -0.25) is 4.90 Å². The van der Waals surface area contributed by atoms with Crippen molar-refractivity contribution in [3.05, 3.63) is 107 Å². The van der Waals surface area contributed by atoms with Crippen LogP contribution in [0.4, 0.5) is 0 Å². The van der Waals surface area contributed by atoms with Crippen molar-refractivity contribution in [3.8, 4) is 0 Å². The van der Waals surface area contributed by atoms with Crippen LogP contribution >= 0.6 is 0 Å². The van der Waals surface area contributed by atoms with Crippen molar-refractivity contribution >= 4 is 10.9 Å². The van der Waals surface area contributed by atoms with Crippen molar-refractivity contribution in [1.29, 1.82) is 0 Å². The number of nitrogens with zero attached hydrogens (tertiary/aromatic N) is 1. The quantitative estimate of drug-likeness (QED) is 0.405. The Morgan fingerprint density at radius 3 is 2.30 bits per heavy atom. The van der Waals surface area contributed by atoms with Gasteiger partial charge in [-0.2, -0.15) is 0 Å². The SMILES string of the molecule is CN(C)C1(c2ccccc2)CCC2(CC1c1ccccc1)OCCc1c2[nH]c2ccccc12. The van der Waals surface area contributed by atoms with Crippen LogP contribution in [-0.2, 0) is 22.3 Å². The van der Waals surface area contributed by atoms with Crippen molar-refractivity contribution in [2.45, 2.75) is 42.7 Å². The molecule has 0 radical (unpaired) electrons. The number of para-hydroxylation sites is 1. The Labute approximate surface area is 196 Å². The van der Waals surface area contributed by atoms with E-state index in [1.54, 1.807) is 0 Å². The first-order chi connectivity index (χ1) is 16.1. The van der Waals surface area contributed by atoms with Crippen molar-refractivity contribution in [1.82, 2.24) is 9.88 Å². The first-order valence-corrected chi connectivity index (χ1v) is 12.2. The summed E-state index contributed by atoms with van der Waals surface area (Å²) in [6, 6.07) is 30.9. The van der Waals surface area contributed by atoms with E-state index in [1.807, 2.05) is 0 Å². The zero-order chi connectivity index (χ0) is 22.5. The molecule has 2 heterocycles. The molecule has 3 heteroatoms. The van der Waals surface area contributed by atoms with Gasteiger partial charge in [0.2, 0.25) is 0 Å². The van der Waals surface area contributed by atoms with E-state index in [0.717, 1.165) is 32.3 Å². The maximum absolute atomic E-state index is 6.77. The number of likely N-dealkylation sites (N-methyl/N-ethyl adjacent to an activating group) is 1. The van der Waals surface area contributed by atoms with Crippen LogP contribution < -0.4 is 0 Å². The van der Waals surface area contributed by atoms with Crippen molar-refractivity contribution in [2.75, 3.05) is 20.7 Å². The molecule has 1 spiro atoms. The van der Waals surface area contributed by atoms with Gasteiger partial charge in [0.25, 0.3) is 0 Å². The lowest BCUT2D eigenvalue weighted by atomic mass is 9.60. The second-order valence-corrected chi connectivity index (χ2v) is 9.97. The lowest BCUT2D eigenvalue weighted by Crippen LogP contribution is -2.54. The Bertz CT molecular complexity index is 1260. The van der Waals surface area contributed by atoms with Gasteiger partial charge in [-0.25, -0.2) is 0 Å². The summed E-state index contributed by atoms with van der Waals surface area (Å²) >= 11 is 0. The summed E-state index contributed by atoms with van der Waals surface area (Å²) in [4.78, 5) is 6.27. The third kappa shape index (κ3) is 3.10. The number of fused-ring (bicyclic) bond motifs is 4. The molecule has 1 N–H and O–H groups in total. The highest BCUT2D eigenvalue weighted by Gasteiger charge is 2.55. The number of nitrogens with one attached hydrogen (secondary N) is 1. The van der Waals surface area contributed by atoms with Gasteiger partial charge in [0.05, 0.1) is 17.8 Å². The molecule has 1 aliphatic carbocycles. The maximum Gasteiger partial charge on any atom is 0.109 e. The van der Waals surface area contributed by atoms with Crippen molar-refractivity contribution < 1.29 is 4.74 Å². The van der Waals surface area contributed by atoms with E-state index in [0.29, 0.717) is 5.92 Å². The fourth-order valence-corrected chi connectivity index (χ4v) is 6.74. The Kier molecular flexibility index (Phi) is 4.93. The molecular weight excluding hydrogens is 404 g/mol. The van der Waals surface area contributed by atoms with Gasteiger partial charge < -0.3 is 9.72 Å². The number of H-pyrrole nitrogens is 1. The molecule has 3 unspecified atom stereocenters. The Hall–Kier alpha value is -2.88. The van der Waals surface area contributed by atoms with Crippen molar-refractivity contribution in [2.24, 2.45) is 0 Å². The average molecular weight is 437 g/mol. The second-order valence-electron chi connectivity index (χ2n) is 9.97. The first-order valence-electron chi connectivity index (χ1n) is 12.2. The molecule has 0 saturated heterocycles. The average Bonchev–Trinajstić information content (AvgIpc) is 3.26. The highest BCUT2D eigenvalue weighted by atomic mass is 16.5. The minimum Gasteiger partial charge on any atom is -0.368 e. The lowest BCUT2D eigenvalue weighted by molar-refractivity contribution is -0.122. The van der Waals surface area contributed by atoms with Gasteiger partial charge in [-0.15, -0.1) is 0 Å². The van der Waals surface area contributed by atoms with Gasteiger partial charge in [0.1, 0.15) is 5.60 Å². The number of ether oxygens (including phenoxy) is 1. The molecule has 1 saturated carbocycles.